The Hall–Kier alpha value is -4.69. The van der Waals surface area contributed by atoms with Gasteiger partial charge in [0.15, 0.2) is 5.69 Å². The number of carbonyl (C=O) groups is 4. The molecule has 2 bridgehead atoms. The largest absolute Gasteiger partial charge is 0.444 e. The summed E-state index contributed by atoms with van der Waals surface area (Å²) in [5.41, 5.74) is 4.25. The van der Waals surface area contributed by atoms with Gasteiger partial charge in [0.1, 0.15) is 29.7 Å². The maximum Gasteiger partial charge on any atom is 0.433 e. The smallest absolute Gasteiger partial charge is 0.433 e. The Balaban J connectivity index is 1.37. The van der Waals surface area contributed by atoms with Gasteiger partial charge in [-0.1, -0.05) is 6.07 Å². The number of piperidine rings is 1. The number of likely N-dealkylation sites (tertiary alicyclic amines) is 1. The van der Waals surface area contributed by atoms with Gasteiger partial charge in [-0.2, -0.15) is 18.3 Å². The van der Waals surface area contributed by atoms with Gasteiger partial charge in [0.05, 0.1) is 5.52 Å². The van der Waals surface area contributed by atoms with E-state index in [1.165, 1.54) is 21.7 Å². The highest BCUT2D eigenvalue weighted by Crippen LogP contribution is 2.43. The number of carbonyl (C=O) groups excluding carboxylic acids is 4. The second-order valence-electron chi connectivity index (χ2n) is 11.6. The zero-order chi connectivity index (χ0) is 31.3. The molecule has 1 aliphatic carbocycles. The third-order valence-electron chi connectivity index (χ3n) is 7.35. The Kier molecular flexibility index (Phi) is 7.52. The van der Waals surface area contributed by atoms with E-state index in [0.29, 0.717) is 35.9 Å². The van der Waals surface area contributed by atoms with Gasteiger partial charge in [0.25, 0.3) is 5.91 Å². The van der Waals surface area contributed by atoms with Gasteiger partial charge in [-0.05, 0) is 76.3 Å². The number of nitrogens with one attached hydrogen (secondary N) is 2. The minimum absolute atomic E-state index is 0.122. The van der Waals surface area contributed by atoms with Crippen LogP contribution in [0.4, 0.5) is 29.5 Å². The van der Waals surface area contributed by atoms with Crippen molar-refractivity contribution in [2.45, 2.75) is 70.4 Å². The number of hydrogen-bond acceptors (Lipinski definition) is 7. The molecule has 12 nitrogen and oxygen atoms in total. The molecular formula is C28H30F3N7O5. The van der Waals surface area contributed by atoms with Crippen molar-refractivity contribution in [3.8, 4) is 0 Å². The zero-order valence-corrected chi connectivity index (χ0v) is 23.6. The maximum atomic E-state index is 13.7. The number of rotatable bonds is 6. The van der Waals surface area contributed by atoms with Gasteiger partial charge in [0, 0.05) is 17.1 Å². The number of aromatic nitrogens is 3. The third kappa shape index (κ3) is 6.24. The molecule has 0 radical (unpaired) electrons. The van der Waals surface area contributed by atoms with E-state index >= 15 is 0 Å². The molecular weight excluding hydrogens is 571 g/mol. The highest BCUT2D eigenvalue weighted by Gasteiger charge is 2.51. The Labute approximate surface area is 243 Å². The number of anilines is 2. The first-order chi connectivity index (χ1) is 20.1. The number of pyridine rings is 1. The molecule has 2 fully saturated rings. The van der Waals surface area contributed by atoms with Crippen molar-refractivity contribution < 1.29 is 37.1 Å². The van der Waals surface area contributed by atoms with E-state index in [4.69, 9.17) is 10.5 Å². The van der Waals surface area contributed by atoms with Crippen LogP contribution in [0.25, 0.3) is 10.9 Å². The summed E-state index contributed by atoms with van der Waals surface area (Å²) >= 11 is 0. The summed E-state index contributed by atoms with van der Waals surface area (Å²) in [5.74, 6) is -2.38. The van der Waals surface area contributed by atoms with Gasteiger partial charge in [-0.3, -0.25) is 24.4 Å². The molecule has 0 unspecified atom stereocenters. The first-order valence-corrected chi connectivity index (χ1v) is 13.6. The van der Waals surface area contributed by atoms with Crippen LogP contribution in [0.2, 0.25) is 0 Å². The molecule has 228 valence electrons. The molecule has 43 heavy (non-hydrogen) atoms. The van der Waals surface area contributed by atoms with Crippen molar-refractivity contribution in [2.75, 3.05) is 10.6 Å². The highest BCUT2D eigenvalue weighted by atomic mass is 19.4. The quantitative estimate of drug-likeness (QED) is 0.386. The van der Waals surface area contributed by atoms with Crippen molar-refractivity contribution in [1.82, 2.24) is 19.7 Å². The van der Waals surface area contributed by atoms with Crippen molar-refractivity contribution in [2.24, 2.45) is 11.7 Å². The predicted octanol–water partition coefficient (Wildman–Crippen LogP) is 3.91. The summed E-state index contributed by atoms with van der Waals surface area (Å²) in [4.78, 5) is 56.3. The number of hydrogen-bond donors (Lipinski definition) is 3. The maximum absolute atomic E-state index is 13.7. The van der Waals surface area contributed by atoms with Gasteiger partial charge >= 0.3 is 12.3 Å². The number of ether oxygens (including phenoxy) is 1. The average molecular weight is 602 g/mol. The summed E-state index contributed by atoms with van der Waals surface area (Å²) in [6, 6.07) is 6.65. The van der Waals surface area contributed by atoms with Crippen molar-refractivity contribution in [3.05, 3.63) is 47.8 Å². The number of amides is 4. The lowest BCUT2D eigenvalue weighted by atomic mass is 9.97. The van der Waals surface area contributed by atoms with Crippen molar-refractivity contribution in [3.63, 3.8) is 0 Å². The second kappa shape index (κ2) is 10.9. The Morgan fingerprint density at radius 2 is 1.81 bits per heavy atom. The lowest BCUT2D eigenvalue weighted by Crippen LogP contribution is -2.52. The third-order valence-corrected chi connectivity index (χ3v) is 7.35. The summed E-state index contributed by atoms with van der Waals surface area (Å²) in [6.45, 7) is 4.80. The molecule has 2 aliphatic rings. The van der Waals surface area contributed by atoms with Crippen LogP contribution in [-0.2, 0) is 27.0 Å². The number of benzene rings is 1. The van der Waals surface area contributed by atoms with Crippen LogP contribution in [0.15, 0.2) is 36.4 Å². The first kappa shape index (κ1) is 29.8. The van der Waals surface area contributed by atoms with Crippen LogP contribution in [0, 0.1) is 5.92 Å². The normalized spacial score (nSPS) is 19.9. The summed E-state index contributed by atoms with van der Waals surface area (Å²) in [6.07, 6.45) is -3.45. The van der Waals surface area contributed by atoms with Gasteiger partial charge < -0.3 is 20.7 Å². The fraction of sp³-hybridized carbons (Fsp3) is 0.429. The molecule has 4 N–H and O–H groups in total. The SMILES string of the molecule is CC(C)(C)OC(=O)Nc1ccc2c(c1)c(C(N)=O)nn2CC(=O)N1[C@@H]2CC[C@@H](C2)[C@H]1C(=O)Nc1cccc(C(F)(F)F)n1. The fourth-order valence-corrected chi connectivity index (χ4v) is 5.74. The van der Waals surface area contributed by atoms with Crippen molar-refractivity contribution >= 4 is 46.2 Å². The van der Waals surface area contributed by atoms with E-state index < -0.39 is 47.3 Å². The molecule has 3 atom stereocenters. The van der Waals surface area contributed by atoms with Gasteiger partial charge in [-0.25, -0.2) is 9.78 Å². The monoisotopic (exact) mass is 601 g/mol. The fourth-order valence-electron chi connectivity index (χ4n) is 5.74. The minimum Gasteiger partial charge on any atom is -0.444 e. The molecule has 1 saturated carbocycles. The van der Waals surface area contributed by atoms with Crippen LogP contribution in [0.1, 0.15) is 56.2 Å². The molecule has 3 heterocycles. The van der Waals surface area contributed by atoms with Crippen LogP contribution < -0.4 is 16.4 Å². The van der Waals surface area contributed by atoms with E-state index in [-0.39, 0.29) is 30.0 Å². The van der Waals surface area contributed by atoms with E-state index in [9.17, 15) is 32.3 Å². The Morgan fingerprint density at radius 3 is 2.49 bits per heavy atom. The van der Waals surface area contributed by atoms with E-state index in [0.717, 1.165) is 12.1 Å². The van der Waals surface area contributed by atoms with E-state index in [1.54, 1.807) is 32.9 Å². The summed E-state index contributed by atoms with van der Waals surface area (Å²) in [5, 5.41) is 9.56. The summed E-state index contributed by atoms with van der Waals surface area (Å²) < 4.78 is 45.9. The molecule has 3 aromatic rings. The summed E-state index contributed by atoms with van der Waals surface area (Å²) in [7, 11) is 0. The van der Waals surface area contributed by atoms with Gasteiger partial charge in [0.2, 0.25) is 11.8 Å². The van der Waals surface area contributed by atoms with Crippen LogP contribution >= 0.6 is 0 Å². The second-order valence-corrected chi connectivity index (χ2v) is 11.6. The zero-order valence-electron chi connectivity index (χ0n) is 23.6. The molecule has 1 aromatic carbocycles. The Morgan fingerprint density at radius 1 is 1.07 bits per heavy atom. The topological polar surface area (TPSA) is 162 Å². The highest BCUT2D eigenvalue weighted by molar-refractivity contribution is 6.06. The molecule has 2 aromatic heterocycles. The minimum atomic E-state index is -4.68. The van der Waals surface area contributed by atoms with Gasteiger partial charge in [-0.15, -0.1) is 0 Å². The Bertz CT molecular complexity index is 1610. The van der Waals surface area contributed by atoms with E-state index in [1.807, 2.05) is 0 Å². The number of nitrogens with zero attached hydrogens (tertiary/aromatic N) is 4. The van der Waals surface area contributed by atoms with Crippen LogP contribution in [0.3, 0.4) is 0 Å². The molecule has 0 spiro atoms. The number of nitrogens with two attached hydrogens (primary N) is 1. The average Bonchev–Trinajstić information content (AvgIpc) is 3.60. The van der Waals surface area contributed by atoms with E-state index in [2.05, 4.69) is 20.7 Å². The molecule has 1 aliphatic heterocycles. The van der Waals surface area contributed by atoms with Crippen molar-refractivity contribution in [1.29, 1.82) is 0 Å². The lowest BCUT2D eigenvalue weighted by molar-refractivity contribution is -0.141. The first-order valence-electron chi connectivity index (χ1n) is 13.6. The lowest BCUT2D eigenvalue weighted by Gasteiger charge is -2.34. The van der Waals surface area contributed by atoms with Crippen LogP contribution in [-0.4, -0.2) is 61.2 Å². The number of alkyl halides is 3. The molecule has 1 saturated heterocycles. The number of halogens is 3. The number of primary amides is 1. The molecule has 15 heteroatoms. The standard InChI is InChI=1S/C28H30F3N7O5/c1-27(2,3)43-26(42)33-15-8-10-18-17(12-15)22(24(32)40)36-37(18)13-21(39)38-16-9-7-14(11-16)23(38)25(41)35-20-6-4-5-19(34-20)28(29,30)31/h4-6,8,10,12,14,16,23H,7,9,11,13H2,1-3H3,(H2,32,40)(H,33,42)(H,34,35,41)/t14-,16+,23-/m0/s1. The molecule has 4 amide bonds. The molecule has 5 rings (SSSR count). The predicted molar refractivity (Wildman–Crippen MR) is 148 cm³/mol. The van der Waals surface area contributed by atoms with Crippen LogP contribution in [0.5, 0.6) is 0 Å². The number of fused-ring (bicyclic) bond motifs is 3.